The van der Waals surface area contributed by atoms with Crippen LogP contribution in [0.4, 0.5) is 0 Å². The highest BCUT2D eigenvalue weighted by molar-refractivity contribution is 7.12. The molecule has 0 radical (unpaired) electrons. The van der Waals surface area contributed by atoms with Crippen LogP contribution in [0, 0.1) is 5.41 Å². The highest BCUT2D eigenvalue weighted by Gasteiger charge is 2.06. The van der Waals surface area contributed by atoms with E-state index in [4.69, 9.17) is 11.1 Å². The molecule has 1 amide bonds. The summed E-state index contributed by atoms with van der Waals surface area (Å²) >= 11 is 1.26. The van der Waals surface area contributed by atoms with Crippen molar-refractivity contribution in [3.63, 3.8) is 0 Å². The van der Waals surface area contributed by atoms with Crippen molar-refractivity contribution in [1.82, 2.24) is 0 Å². The summed E-state index contributed by atoms with van der Waals surface area (Å²) in [6, 6.07) is 17.8. The molecular weight excluding hydrogens is 268 g/mol. The van der Waals surface area contributed by atoms with Gasteiger partial charge in [0, 0.05) is 4.88 Å². The Morgan fingerprint density at radius 1 is 1.00 bits per heavy atom. The quantitative estimate of drug-likeness (QED) is 0.744. The standard InChI is InChI=1S/C16H12N2OS/c17-15(19)13-7-8-14(20-16(13)18)12-6-5-10-3-1-2-4-11(10)9-12/h1-9,18H,(H2,17,19). The number of fused-ring (bicyclic) bond motifs is 1. The fourth-order valence-corrected chi connectivity index (χ4v) is 3.00. The van der Waals surface area contributed by atoms with Crippen LogP contribution in [-0.2, 0) is 0 Å². The fraction of sp³-hybridized carbons (Fsp3) is 0. The molecule has 3 aromatic rings. The lowest BCUT2D eigenvalue weighted by molar-refractivity contribution is 0.0999. The average molecular weight is 280 g/mol. The number of carbonyl (C=O) groups excluding carboxylic acids is 1. The summed E-state index contributed by atoms with van der Waals surface area (Å²) in [5.41, 5.74) is 6.53. The van der Waals surface area contributed by atoms with Gasteiger partial charge in [-0.3, -0.25) is 10.2 Å². The van der Waals surface area contributed by atoms with Crippen LogP contribution in [0.15, 0.2) is 54.6 Å². The summed E-state index contributed by atoms with van der Waals surface area (Å²) in [7, 11) is 0. The maximum Gasteiger partial charge on any atom is 0.251 e. The molecule has 3 nitrogen and oxygen atoms in total. The molecule has 0 atom stereocenters. The number of benzene rings is 2. The summed E-state index contributed by atoms with van der Waals surface area (Å²) in [5.74, 6) is -0.559. The Kier molecular flexibility index (Phi) is 3.08. The highest BCUT2D eigenvalue weighted by Crippen LogP contribution is 2.26. The van der Waals surface area contributed by atoms with E-state index in [0.29, 0.717) is 0 Å². The Bertz CT molecular complexity index is 867. The van der Waals surface area contributed by atoms with Gasteiger partial charge in [0.2, 0.25) is 0 Å². The van der Waals surface area contributed by atoms with Crippen molar-refractivity contribution in [1.29, 1.82) is 5.41 Å². The van der Waals surface area contributed by atoms with Gasteiger partial charge in [-0.15, -0.1) is 11.3 Å². The summed E-state index contributed by atoms with van der Waals surface area (Å²) < 4.78 is 0.197. The molecule has 3 rings (SSSR count). The fourth-order valence-electron chi connectivity index (χ4n) is 2.13. The predicted molar refractivity (Wildman–Crippen MR) is 81.6 cm³/mol. The number of primary amides is 1. The van der Waals surface area contributed by atoms with Gasteiger partial charge in [0.05, 0.1) is 5.56 Å². The van der Waals surface area contributed by atoms with Crippen LogP contribution >= 0.6 is 11.3 Å². The first-order chi connectivity index (χ1) is 9.65. The van der Waals surface area contributed by atoms with E-state index < -0.39 is 5.91 Å². The molecule has 98 valence electrons. The van der Waals surface area contributed by atoms with Gasteiger partial charge in [-0.1, -0.05) is 36.4 Å². The highest BCUT2D eigenvalue weighted by atomic mass is 32.1. The van der Waals surface area contributed by atoms with Crippen LogP contribution in [0.1, 0.15) is 10.4 Å². The van der Waals surface area contributed by atoms with E-state index >= 15 is 0 Å². The molecule has 0 bridgehead atoms. The summed E-state index contributed by atoms with van der Waals surface area (Å²) in [6.45, 7) is 0. The minimum Gasteiger partial charge on any atom is -0.366 e. The van der Waals surface area contributed by atoms with E-state index in [0.717, 1.165) is 15.8 Å². The first-order valence-corrected chi connectivity index (χ1v) is 6.94. The Morgan fingerprint density at radius 3 is 2.45 bits per heavy atom. The van der Waals surface area contributed by atoms with Crippen LogP contribution in [0.2, 0.25) is 0 Å². The average Bonchev–Trinajstić information content (AvgIpc) is 2.46. The molecule has 0 saturated heterocycles. The lowest BCUT2D eigenvalue weighted by Crippen LogP contribution is -2.19. The molecule has 4 heteroatoms. The third-order valence-corrected chi connectivity index (χ3v) is 4.17. The van der Waals surface area contributed by atoms with Gasteiger partial charge in [0.15, 0.2) is 0 Å². The van der Waals surface area contributed by atoms with Gasteiger partial charge >= 0.3 is 0 Å². The molecule has 20 heavy (non-hydrogen) atoms. The van der Waals surface area contributed by atoms with Crippen molar-refractivity contribution in [3.05, 3.63) is 64.8 Å². The molecule has 0 unspecified atom stereocenters. The second kappa shape index (κ2) is 4.90. The molecule has 3 N–H and O–H groups in total. The van der Waals surface area contributed by atoms with Crippen molar-refractivity contribution in [2.24, 2.45) is 5.73 Å². The third-order valence-electron chi connectivity index (χ3n) is 3.16. The Morgan fingerprint density at radius 2 is 1.75 bits per heavy atom. The van der Waals surface area contributed by atoms with Gasteiger partial charge in [-0.25, -0.2) is 0 Å². The van der Waals surface area contributed by atoms with Crippen LogP contribution in [-0.4, -0.2) is 5.91 Å². The second-order valence-electron chi connectivity index (χ2n) is 4.47. The van der Waals surface area contributed by atoms with Gasteiger partial charge in [-0.05, 0) is 34.5 Å². The molecule has 0 fully saturated rings. The van der Waals surface area contributed by atoms with Gasteiger partial charge < -0.3 is 5.73 Å². The van der Waals surface area contributed by atoms with Crippen molar-refractivity contribution < 1.29 is 4.79 Å². The number of hydrogen-bond donors (Lipinski definition) is 2. The number of carbonyl (C=O) groups is 1. The van der Waals surface area contributed by atoms with Crippen molar-refractivity contribution >= 4 is 28.0 Å². The van der Waals surface area contributed by atoms with Gasteiger partial charge in [-0.2, -0.15) is 0 Å². The number of rotatable bonds is 2. The number of amides is 1. The monoisotopic (exact) mass is 280 g/mol. The first kappa shape index (κ1) is 12.6. The first-order valence-electron chi connectivity index (χ1n) is 6.13. The van der Waals surface area contributed by atoms with Crippen molar-refractivity contribution in [3.8, 4) is 10.4 Å². The van der Waals surface area contributed by atoms with Gasteiger partial charge in [0.25, 0.3) is 5.91 Å². The number of nitrogens with two attached hydrogens (primary N) is 1. The van der Waals surface area contributed by atoms with Crippen LogP contribution in [0.5, 0.6) is 0 Å². The van der Waals surface area contributed by atoms with E-state index in [1.54, 1.807) is 6.07 Å². The molecule has 1 heterocycles. The number of nitrogens with one attached hydrogen (secondary N) is 1. The number of hydrogen-bond acceptors (Lipinski definition) is 3. The summed E-state index contributed by atoms with van der Waals surface area (Å²) in [4.78, 5) is 12.1. The Balaban J connectivity index is 2.13. The summed E-state index contributed by atoms with van der Waals surface area (Å²) in [5, 5.41) is 10.2. The second-order valence-corrected chi connectivity index (χ2v) is 5.52. The normalized spacial score (nSPS) is 10.6. The smallest absolute Gasteiger partial charge is 0.251 e. The van der Waals surface area contributed by atoms with Crippen molar-refractivity contribution in [2.75, 3.05) is 0 Å². The van der Waals surface area contributed by atoms with E-state index in [1.807, 2.05) is 24.3 Å². The zero-order chi connectivity index (χ0) is 14.1. The maximum absolute atomic E-state index is 11.2. The lowest BCUT2D eigenvalue weighted by Gasteiger charge is -2.04. The molecule has 0 spiro atoms. The predicted octanol–water partition coefficient (Wildman–Crippen LogP) is 3.15. The maximum atomic E-state index is 11.2. The largest absolute Gasteiger partial charge is 0.366 e. The summed E-state index contributed by atoms with van der Waals surface area (Å²) in [6.07, 6.45) is 0. The molecule has 0 aliphatic heterocycles. The minimum atomic E-state index is -0.559. The topological polar surface area (TPSA) is 66.9 Å². The molecule has 1 aromatic heterocycles. The van der Waals surface area contributed by atoms with E-state index in [2.05, 4.69) is 24.3 Å². The molecule has 0 aliphatic carbocycles. The van der Waals surface area contributed by atoms with Crippen LogP contribution in [0.25, 0.3) is 21.2 Å². The van der Waals surface area contributed by atoms with Crippen LogP contribution in [0.3, 0.4) is 0 Å². The third kappa shape index (κ3) is 2.21. The lowest BCUT2D eigenvalue weighted by atomic mass is 10.1. The van der Waals surface area contributed by atoms with Crippen molar-refractivity contribution in [2.45, 2.75) is 0 Å². The minimum absolute atomic E-state index is 0.197. The Hall–Kier alpha value is -2.46. The molecule has 0 aliphatic rings. The Labute approximate surface area is 119 Å². The molecule has 0 saturated carbocycles. The zero-order valence-corrected chi connectivity index (χ0v) is 11.4. The van der Waals surface area contributed by atoms with E-state index in [9.17, 15) is 4.79 Å². The van der Waals surface area contributed by atoms with Crippen LogP contribution < -0.4 is 10.4 Å². The van der Waals surface area contributed by atoms with E-state index in [-0.39, 0.29) is 10.2 Å². The SMILES string of the molecule is N=c1sc(-c2ccc3ccccc3c2)ccc1C(N)=O. The van der Waals surface area contributed by atoms with Gasteiger partial charge in [0.1, 0.15) is 4.67 Å². The zero-order valence-electron chi connectivity index (χ0n) is 10.6. The van der Waals surface area contributed by atoms with E-state index in [1.165, 1.54) is 16.7 Å². The molecular formula is C16H12N2OS. The molecule has 2 aromatic carbocycles.